The lowest BCUT2D eigenvalue weighted by atomic mass is 9.70. The summed E-state index contributed by atoms with van der Waals surface area (Å²) in [6, 6.07) is 17.0. The average molecular weight is 435 g/mol. The lowest BCUT2D eigenvalue weighted by Gasteiger charge is -2.37. The number of ketones is 1. The van der Waals surface area contributed by atoms with E-state index in [1.54, 1.807) is 12.1 Å². The summed E-state index contributed by atoms with van der Waals surface area (Å²) in [6.45, 7) is 4.37. The number of allylic oxidation sites excluding steroid dienone is 3. The zero-order chi connectivity index (χ0) is 22.2. The van der Waals surface area contributed by atoms with Gasteiger partial charge in [0.15, 0.2) is 5.78 Å². The molecule has 0 fully saturated rings. The average Bonchev–Trinajstić information content (AvgIpc) is 2.71. The van der Waals surface area contributed by atoms with E-state index in [0.29, 0.717) is 41.6 Å². The van der Waals surface area contributed by atoms with Gasteiger partial charge < -0.3 is 15.2 Å². The van der Waals surface area contributed by atoms with Crippen molar-refractivity contribution in [2.45, 2.75) is 39.2 Å². The van der Waals surface area contributed by atoms with E-state index in [9.17, 15) is 10.1 Å². The molecule has 6 heteroatoms. The molecule has 0 aromatic heterocycles. The molecule has 2 aromatic rings. The van der Waals surface area contributed by atoms with E-state index in [2.05, 4.69) is 6.07 Å². The molecule has 0 saturated heterocycles. The van der Waals surface area contributed by atoms with E-state index in [4.69, 9.17) is 26.8 Å². The minimum atomic E-state index is -0.612. The Morgan fingerprint density at radius 1 is 1.19 bits per heavy atom. The van der Waals surface area contributed by atoms with Crippen molar-refractivity contribution in [3.05, 3.63) is 87.5 Å². The van der Waals surface area contributed by atoms with Crippen LogP contribution < -0.4 is 10.5 Å². The largest absolute Gasteiger partial charge is 0.489 e. The van der Waals surface area contributed by atoms with Crippen molar-refractivity contribution in [1.29, 1.82) is 5.26 Å². The fraction of sp³-hybridized carbons (Fsp3) is 0.280. The van der Waals surface area contributed by atoms with Gasteiger partial charge in [0.05, 0.1) is 5.92 Å². The molecule has 2 N–H and O–H groups in total. The molecule has 1 atom stereocenters. The fourth-order valence-corrected chi connectivity index (χ4v) is 4.31. The van der Waals surface area contributed by atoms with Gasteiger partial charge in [0.2, 0.25) is 5.88 Å². The number of benzene rings is 2. The van der Waals surface area contributed by atoms with Gasteiger partial charge in [-0.25, -0.2) is 0 Å². The third kappa shape index (κ3) is 4.17. The summed E-state index contributed by atoms with van der Waals surface area (Å²) in [5, 5.41) is 10.5. The molecule has 0 bridgehead atoms. The third-order valence-electron chi connectivity index (χ3n) is 5.61. The molecule has 31 heavy (non-hydrogen) atoms. The highest BCUT2D eigenvalue weighted by Crippen LogP contribution is 2.49. The SMILES string of the molecule is CC1(C)CC(=O)C2=C(C1)OC(N)=C(C#N)[C@H]2c1ccccc1OCc1ccc(Cl)cc1. The number of ether oxygens (including phenoxy) is 2. The summed E-state index contributed by atoms with van der Waals surface area (Å²) in [4.78, 5) is 13.2. The topological polar surface area (TPSA) is 85.3 Å². The van der Waals surface area contributed by atoms with Gasteiger partial charge in [-0.3, -0.25) is 4.79 Å². The van der Waals surface area contributed by atoms with Crippen LogP contribution in [0.25, 0.3) is 0 Å². The second-order valence-electron chi connectivity index (χ2n) is 8.66. The first-order valence-corrected chi connectivity index (χ1v) is 10.5. The first-order chi connectivity index (χ1) is 14.8. The molecule has 1 aliphatic carbocycles. The van der Waals surface area contributed by atoms with E-state index < -0.39 is 5.92 Å². The zero-order valence-corrected chi connectivity index (χ0v) is 18.2. The van der Waals surface area contributed by atoms with Gasteiger partial charge in [0.25, 0.3) is 0 Å². The third-order valence-corrected chi connectivity index (χ3v) is 5.87. The molecule has 1 heterocycles. The van der Waals surface area contributed by atoms with Gasteiger partial charge >= 0.3 is 0 Å². The van der Waals surface area contributed by atoms with Crippen molar-refractivity contribution in [2.24, 2.45) is 11.1 Å². The van der Waals surface area contributed by atoms with Crippen LogP contribution >= 0.6 is 11.6 Å². The first kappa shape index (κ1) is 21.0. The number of carbonyl (C=O) groups excluding carboxylic acids is 1. The van der Waals surface area contributed by atoms with Crippen LogP contribution in [0.2, 0.25) is 5.02 Å². The maximum absolute atomic E-state index is 13.2. The molecule has 0 radical (unpaired) electrons. The van der Waals surface area contributed by atoms with Crippen LogP contribution in [0.5, 0.6) is 5.75 Å². The summed E-state index contributed by atoms with van der Waals surface area (Å²) >= 11 is 5.96. The normalized spacial score (nSPS) is 20.1. The Kier molecular flexibility index (Phi) is 5.51. The molecule has 0 spiro atoms. The lowest BCUT2D eigenvalue weighted by Crippen LogP contribution is -2.33. The Morgan fingerprint density at radius 2 is 1.90 bits per heavy atom. The molecule has 0 unspecified atom stereocenters. The number of nitrogens with zero attached hydrogens (tertiary/aromatic N) is 1. The number of halogens is 1. The van der Waals surface area contributed by atoms with Crippen molar-refractivity contribution in [1.82, 2.24) is 0 Å². The van der Waals surface area contributed by atoms with Crippen LogP contribution in [0.15, 0.2) is 71.3 Å². The van der Waals surface area contributed by atoms with E-state index in [1.807, 2.05) is 50.2 Å². The fourth-order valence-electron chi connectivity index (χ4n) is 4.19. The number of hydrogen-bond donors (Lipinski definition) is 1. The second kappa shape index (κ2) is 8.13. The van der Waals surface area contributed by atoms with Crippen LogP contribution in [0.1, 0.15) is 43.7 Å². The molecular weight excluding hydrogens is 412 g/mol. The smallest absolute Gasteiger partial charge is 0.205 e. The van der Waals surface area contributed by atoms with Gasteiger partial charge in [-0.2, -0.15) is 5.26 Å². The highest BCUT2D eigenvalue weighted by Gasteiger charge is 2.43. The predicted molar refractivity (Wildman–Crippen MR) is 118 cm³/mol. The van der Waals surface area contributed by atoms with E-state index in [-0.39, 0.29) is 22.7 Å². The molecule has 2 aliphatic rings. The summed E-state index contributed by atoms with van der Waals surface area (Å²) in [7, 11) is 0. The van der Waals surface area contributed by atoms with Crippen LogP contribution in [-0.4, -0.2) is 5.78 Å². The Hall–Kier alpha value is -3.23. The second-order valence-corrected chi connectivity index (χ2v) is 9.09. The predicted octanol–water partition coefficient (Wildman–Crippen LogP) is 5.37. The molecule has 0 saturated carbocycles. The quantitative estimate of drug-likeness (QED) is 0.699. The number of nitrogens with two attached hydrogens (primary N) is 1. The van der Waals surface area contributed by atoms with E-state index in [1.165, 1.54) is 0 Å². The van der Waals surface area contributed by atoms with Crippen molar-refractivity contribution in [3.63, 3.8) is 0 Å². The van der Waals surface area contributed by atoms with Gasteiger partial charge in [-0.05, 0) is 29.2 Å². The summed E-state index contributed by atoms with van der Waals surface area (Å²) < 4.78 is 11.9. The van der Waals surface area contributed by atoms with E-state index in [0.717, 1.165) is 11.1 Å². The van der Waals surface area contributed by atoms with Crippen molar-refractivity contribution in [3.8, 4) is 11.8 Å². The summed E-state index contributed by atoms with van der Waals surface area (Å²) in [5.41, 5.74) is 8.31. The summed E-state index contributed by atoms with van der Waals surface area (Å²) in [5.74, 6) is 0.552. The number of Topliss-reactive ketones (excluding diaryl/α,β-unsaturated/α-hetero) is 1. The van der Waals surface area contributed by atoms with Gasteiger partial charge in [0.1, 0.15) is 29.8 Å². The zero-order valence-electron chi connectivity index (χ0n) is 17.4. The van der Waals surface area contributed by atoms with Gasteiger partial charge in [-0.15, -0.1) is 0 Å². The lowest BCUT2D eigenvalue weighted by molar-refractivity contribution is -0.119. The molecule has 1 aliphatic heterocycles. The molecule has 158 valence electrons. The molecule has 0 amide bonds. The number of para-hydroxylation sites is 1. The first-order valence-electron chi connectivity index (χ1n) is 10.1. The number of nitriles is 1. The number of carbonyl (C=O) groups is 1. The standard InChI is InChI=1S/C25H23ClN2O3/c1-25(2)11-19(29)23-21(12-25)31-24(28)18(13-27)22(23)17-5-3-4-6-20(17)30-14-15-7-9-16(26)10-8-15/h3-10,22H,11-12,14,28H2,1-2H3/t22-/m1/s1. The highest BCUT2D eigenvalue weighted by molar-refractivity contribution is 6.30. The number of rotatable bonds is 4. The number of hydrogen-bond acceptors (Lipinski definition) is 5. The molecular formula is C25H23ClN2O3. The molecule has 5 nitrogen and oxygen atoms in total. The van der Waals surface area contributed by atoms with Gasteiger partial charge in [0, 0.05) is 29.0 Å². The Labute approximate surface area is 186 Å². The minimum Gasteiger partial charge on any atom is -0.489 e. The minimum absolute atomic E-state index is 0.0241. The highest BCUT2D eigenvalue weighted by atomic mass is 35.5. The maximum atomic E-state index is 13.2. The van der Waals surface area contributed by atoms with Gasteiger partial charge in [-0.1, -0.05) is 55.8 Å². The summed E-state index contributed by atoms with van der Waals surface area (Å²) in [6.07, 6.45) is 0.968. The van der Waals surface area contributed by atoms with Crippen LogP contribution in [0, 0.1) is 16.7 Å². The van der Waals surface area contributed by atoms with Crippen molar-refractivity contribution < 1.29 is 14.3 Å². The van der Waals surface area contributed by atoms with Crippen molar-refractivity contribution in [2.75, 3.05) is 0 Å². The molecule has 4 rings (SSSR count). The van der Waals surface area contributed by atoms with Crippen LogP contribution in [-0.2, 0) is 16.1 Å². The van der Waals surface area contributed by atoms with Crippen LogP contribution in [0.3, 0.4) is 0 Å². The van der Waals surface area contributed by atoms with Crippen molar-refractivity contribution >= 4 is 17.4 Å². The Balaban J connectivity index is 1.75. The Bertz CT molecular complexity index is 1140. The monoisotopic (exact) mass is 434 g/mol. The van der Waals surface area contributed by atoms with Crippen LogP contribution in [0.4, 0.5) is 0 Å². The molecule has 2 aromatic carbocycles. The Morgan fingerprint density at radius 3 is 2.61 bits per heavy atom. The maximum Gasteiger partial charge on any atom is 0.205 e. The van der Waals surface area contributed by atoms with E-state index >= 15 is 0 Å².